The Hall–Kier alpha value is -5.31. The van der Waals surface area contributed by atoms with Crippen molar-refractivity contribution in [1.29, 1.82) is 0 Å². The minimum absolute atomic E-state index is 0.0118. The fourth-order valence-corrected chi connectivity index (χ4v) is 13.8. The molecule has 5 aliphatic rings. The molecule has 25 heteroatoms. The van der Waals surface area contributed by atoms with Gasteiger partial charge in [0.15, 0.2) is 0 Å². The zero-order chi connectivity index (χ0) is 69.9. The molecule has 19 unspecified atom stereocenters. The highest BCUT2D eigenvalue weighted by molar-refractivity contribution is 5.98. The van der Waals surface area contributed by atoms with Crippen molar-refractivity contribution < 1.29 is 62.1 Å². The molecule has 0 radical (unpaired) electrons. The number of rotatable bonds is 14. The van der Waals surface area contributed by atoms with E-state index in [2.05, 4.69) is 38.0 Å². The first-order chi connectivity index (χ1) is 43.5. The molecule has 0 spiro atoms. The van der Waals surface area contributed by atoms with Crippen LogP contribution in [0.25, 0.3) is 0 Å². The predicted octanol–water partition coefficient (Wildman–Crippen LogP) is 3.14. The van der Waals surface area contributed by atoms with Crippen molar-refractivity contribution in [2.45, 2.75) is 253 Å². The third kappa shape index (κ3) is 19.7. The molecule has 2 bridgehead atoms. The van der Waals surface area contributed by atoms with Gasteiger partial charge in [-0.1, -0.05) is 88.3 Å². The lowest BCUT2D eigenvalue weighted by molar-refractivity contribution is -0.155. The molecule has 5 fully saturated rings. The molecule has 93 heavy (non-hydrogen) atoms. The quantitative estimate of drug-likeness (QED) is 0.144. The van der Waals surface area contributed by atoms with Crippen molar-refractivity contribution in [3.8, 4) is 0 Å². The topological polar surface area (TPSA) is 271 Å². The Bertz CT molecular complexity index is 2580. The van der Waals surface area contributed by atoms with E-state index in [4.69, 9.17) is 18.9 Å². The molecule has 0 aromatic heterocycles. The summed E-state index contributed by atoms with van der Waals surface area (Å²) in [5, 5.41) is 12.1. The van der Waals surface area contributed by atoms with Gasteiger partial charge in [0.1, 0.15) is 73.0 Å². The van der Waals surface area contributed by atoms with Crippen molar-refractivity contribution in [3.63, 3.8) is 0 Å². The van der Waals surface area contributed by atoms with Crippen LogP contribution in [0.3, 0.4) is 0 Å². The Kier molecular flexibility index (Phi) is 29.1. The van der Waals surface area contributed by atoms with Gasteiger partial charge >= 0.3 is 0 Å². The summed E-state index contributed by atoms with van der Waals surface area (Å²) in [4.78, 5) is 146. The van der Waals surface area contributed by atoms with Gasteiger partial charge in [-0.25, -0.2) is 0 Å². The van der Waals surface area contributed by atoms with Gasteiger partial charge in [0, 0.05) is 74.6 Å². The summed E-state index contributed by atoms with van der Waals surface area (Å²) < 4.78 is 25.8. The van der Waals surface area contributed by atoms with Crippen molar-refractivity contribution in [3.05, 3.63) is 12.2 Å². The van der Waals surface area contributed by atoms with Crippen LogP contribution in [0.2, 0.25) is 0 Å². The van der Waals surface area contributed by atoms with Crippen LogP contribution in [0, 0.1) is 35.5 Å². The predicted molar refractivity (Wildman–Crippen MR) is 355 cm³/mol. The number of hydrogen-bond donors (Lipinski definition) is 4. The van der Waals surface area contributed by atoms with Crippen LogP contribution in [0.4, 0.5) is 0 Å². The van der Waals surface area contributed by atoms with Crippen molar-refractivity contribution >= 4 is 53.2 Å². The van der Waals surface area contributed by atoms with Crippen LogP contribution >= 0.6 is 0 Å². The maximum absolute atomic E-state index is 15.3. The van der Waals surface area contributed by atoms with E-state index in [9.17, 15) is 24.0 Å². The van der Waals surface area contributed by atoms with E-state index in [1.165, 1.54) is 66.5 Å². The summed E-state index contributed by atoms with van der Waals surface area (Å²) in [5.74, 6) is -5.66. The second-order valence-electron chi connectivity index (χ2n) is 29.1. The van der Waals surface area contributed by atoms with Crippen LogP contribution in [-0.4, -0.2) is 278 Å². The van der Waals surface area contributed by atoms with Crippen LogP contribution in [0.5, 0.6) is 0 Å². The van der Waals surface area contributed by atoms with Crippen molar-refractivity contribution in [2.24, 2.45) is 35.5 Å². The highest BCUT2D eigenvalue weighted by atomic mass is 16.6. The minimum atomic E-state index is -1.27. The molecular weight excluding hydrogens is 1190 g/mol. The Morgan fingerprint density at radius 2 is 1.09 bits per heavy atom. The third-order valence-electron chi connectivity index (χ3n) is 19.8. The van der Waals surface area contributed by atoms with E-state index in [-0.39, 0.29) is 79.0 Å². The average Bonchev–Trinajstić information content (AvgIpc) is 1.62. The first-order valence-corrected chi connectivity index (χ1v) is 34.4. The number of nitrogens with zero attached hydrogens (tertiary/aromatic N) is 8. The number of likely N-dealkylation sites (N-methyl/N-ethyl adjacent to an activating group) is 7. The molecule has 4 N–H and O–H groups in total. The molecule has 19 atom stereocenters. The number of epoxide rings is 2. The maximum atomic E-state index is 15.3. The Morgan fingerprint density at radius 3 is 1.66 bits per heavy atom. The van der Waals surface area contributed by atoms with Crippen LogP contribution < -0.4 is 21.3 Å². The summed E-state index contributed by atoms with van der Waals surface area (Å²) in [6, 6.07) is -10.6. The van der Waals surface area contributed by atoms with E-state index in [0.717, 1.165) is 26.1 Å². The fourth-order valence-electron chi connectivity index (χ4n) is 13.8. The molecule has 5 aliphatic heterocycles. The van der Waals surface area contributed by atoms with E-state index in [1.807, 2.05) is 102 Å². The first kappa shape index (κ1) is 78.4. The summed E-state index contributed by atoms with van der Waals surface area (Å²) in [6.45, 7) is 33.5. The summed E-state index contributed by atoms with van der Waals surface area (Å²) in [5.41, 5.74) is 0. The Balaban J connectivity index is 1.59. The van der Waals surface area contributed by atoms with E-state index in [0.29, 0.717) is 19.6 Å². The van der Waals surface area contributed by atoms with Crippen LogP contribution in [0.1, 0.15) is 149 Å². The zero-order valence-electron chi connectivity index (χ0n) is 60.6. The normalized spacial score (nSPS) is 34.2. The van der Waals surface area contributed by atoms with Gasteiger partial charge in [0.25, 0.3) is 0 Å². The van der Waals surface area contributed by atoms with E-state index >= 15 is 19.2 Å². The van der Waals surface area contributed by atoms with Gasteiger partial charge in [-0.3, -0.25) is 53.4 Å². The minimum Gasteiger partial charge on any atom is -0.380 e. The summed E-state index contributed by atoms with van der Waals surface area (Å²) >= 11 is 0. The number of amides is 9. The number of carbonyl (C=O) groups is 9. The lowest BCUT2D eigenvalue weighted by atomic mass is 9.92. The average molecular weight is 1310 g/mol. The van der Waals surface area contributed by atoms with Gasteiger partial charge in [-0.05, 0) is 116 Å². The first-order valence-electron chi connectivity index (χ1n) is 34.4. The molecule has 0 aromatic rings. The molecule has 0 saturated carbocycles. The Labute approximate surface area is 556 Å². The lowest BCUT2D eigenvalue weighted by Gasteiger charge is -2.39. The number of ether oxygens (including phenoxy) is 4. The molecule has 530 valence electrons. The molecular formula is C68H120N12O13. The van der Waals surface area contributed by atoms with Crippen LogP contribution in [-0.2, 0) is 62.1 Å². The summed E-state index contributed by atoms with van der Waals surface area (Å²) in [6.07, 6.45) is 2.41. The van der Waals surface area contributed by atoms with Crippen LogP contribution in [0.15, 0.2) is 12.2 Å². The highest BCUT2D eigenvalue weighted by Gasteiger charge is 2.58. The molecule has 5 heterocycles. The molecule has 5 saturated heterocycles. The van der Waals surface area contributed by atoms with Gasteiger partial charge in [-0.2, -0.15) is 0 Å². The van der Waals surface area contributed by atoms with E-state index in [1.54, 1.807) is 25.9 Å². The number of hydrogen-bond acceptors (Lipinski definition) is 16. The molecule has 5 rings (SSSR count). The monoisotopic (exact) mass is 1310 g/mol. The molecule has 0 aliphatic carbocycles. The highest BCUT2D eigenvalue weighted by Crippen LogP contribution is 2.40. The SMILES string of the molecule is CC=CCC(C)C1OC(C)C2C(=O)N(C)C1C(=O)NC(CC)C(=O)N(C)C(C)C1OC1N(C)C(C(C)CN1CCCOCC1)C1OC1NC(C(C)C)C(=O)N(C)C(CC(C)C)C(=O)NC(C)C(=O)NC(C)C(=O)N(C)C(CC(C)C)C(=O)N(C)C(CC(C)C)C(=O)N2C. The third-order valence-corrected chi connectivity index (χ3v) is 19.8. The molecule has 0 aromatic carbocycles. The van der Waals surface area contributed by atoms with E-state index < -0.39 is 139 Å². The second kappa shape index (κ2) is 34.6. The van der Waals surface area contributed by atoms with Crippen molar-refractivity contribution in [2.75, 3.05) is 82.2 Å². The fraction of sp³-hybridized carbons (Fsp3) is 0.838. The van der Waals surface area contributed by atoms with Gasteiger partial charge in [0.05, 0.1) is 30.9 Å². The number of allylic oxidation sites excluding steroid dienone is 2. The number of carbonyl (C=O) groups excluding carboxylic acids is 9. The second-order valence-corrected chi connectivity index (χ2v) is 29.1. The van der Waals surface area contributed by atoms with Gasteiger partial charge in [-0.15, -0.1) is 0 Å². The molecule has 25 nitrogen and oxygen atoms in total. The zero-order valence-corrected chi connectivity index (χ0v) is 60.6. The largest absolute Gasteiger partial charge is 0.380 e. The molecule has 9 amide bonds. The summed E-state index contributed by atoms with van der Waals surface area (Å²) in [7, 11) is 11.3. The standard InChI is InChI=1S/C68H120N12O13/c1-24-26-28-41(11)55-54-60(83)71-47(25-2)63(85)73(17)45(15)56-68(93-56)79(23)52(42(12)36-80-29-27-31-90-32-30-80)57-61(92-57)72-51(40(9)10)66(88)74(18)48(33-37(3)4)59(82)69-43(13)58(81)70-44(14)62(84)75(19)49(34-38(5)6)64(86)76(20)50(35-39(7)8)65(87)77(21)53(46(16)91-55)67(89)78(54)22/h24,26,37-57,61,68,72H,25,27-36H2,1-23H3,(H,69,82)(H,70,81)(H,71,83). The Morgan fingerprint density at radius 1 is 0.538 bits per heavy atom. The van der Waals surface area contributed by atoms with Gasteiger partial charge in [0.2, 0.25) is 53.2 Å². The maximum Gasteiger partial charge on any atom is 0.248 e. The lowest BCUT2D eigenvalue weighted by Crippen LogP contribution is -2.62. The number of fused-ring (bicyclic) bond motifs is 5. The van der Waals surface area contributed by atoms with Crippen molar-refractivity contribution in [1.82, 2.24) is 60.5 Å². The number of nitrogens with one attached hydrogen (secondary N) is 4. The van der Waals surface area contributed by atoms with Gasteiger partial charge < -0.3 is 69.2 Å². The smallest absolute Gasteiger partial charge is 0.248 e.